The highest BCUT2D eigenvalue weighted by molar-refractivity contribution is 5.37. The molecule has 0 saturated carbocycles. The molecule has 17 heavy (non-hydrogen) atoms. The number of rotatable bonds is 3. The molecule has 88 valence electrons. The molecular weight excluding hydrogens is 212 g/mol. The Bertz CT molecular complexity index is 423. The van der Waals surface area contributed by atoms with Crippen molar-refractivity contribution < 1.29 is 10.2 Å². The molecule has 0 aliphatic carbocycles. The lowest BCUT2D eigenvalue weighted by atomic mass is 9.82. The molecule has 1 atom stereocenters. The molecule has 0 amide bonds. The minimum absolute atomic E-state index is 0.696. The molecule has 0 aliphatic rings. The number of benzene rings is 2. The Morgan fingerprint density at radius 3 is 1.47 bits per heavy atom. The van der Waals surface area contributed by atoms with E-state index in [0.717, 1.165) is 0 Å². The first-order valence-electron chi connectivity index (χ1n) is 5.67. The van der Waals surface area contributed by atoms with Gasteiger partial charge in [-0.1, -0.05) is 60.7 Å². The molecule has 0 spiro atoms. The van der Waals surface area contributed by atoms with Crippen LogP contribution in [0.1, 0.15) is 18.1 Å². The molecule has 0 heterocycles. The number of aliphatic hydroxyl groups is 2. The predicted octanol–water partition coefficient (Wildman–Crippen LogP) is 2.30. The molecule has 2 aromatic rings. The van der Waals surface area contributed by atoms with Crippen LogP contribution in [0.4, 0.5) is 0 Å². The molecule has 2 nitrogen and oxygen atoms in total. The second-order valence-corrected chi connectivity index (χ2v) is 4.17. The van der Waals surface area contributed by atoms with E-state index >= 15 is 0 Å². The summed E-state index contributed by atoms with van der Waals surface area (Å²) in [6, 6.07) is 18.5. The third-order valence-electron chi connectivity index (χ3n) is 3.03. The van der Waals surface area contributed by atoms with Crippen molar-refractivity contribution in [3.8, 4) is 0 Å². The van der Waals surface area contributed by atoms with Crippen LogP contribution in [-0.4, -0.2) is 16.3 Å². The molecule has 0 unspecified atom stereocenters. The smallest absolute Gasteiger partial charge is 0.140 e. The monoisotopic (exact) mass is 228 g/mol. The van der Waals surface area contributed by atoms with E-state index in [0.29, 0.717) is 11.1 Å². The van der Waals surface area contributed by atoms with Gasteiger partial charge in [0.1, 0.15) is 5.60 Å². The molecule has 0 bridgehead atoms. The maximum Gasteiger partial charge on any atom is 0.140 e. The molecule has 0 saturated heterocycles. The lowest BCUT2D eigenvalue weighted by molar-refractivity contribution is -0.0394. The summed E-state index contributed by atoms with van der Waals surface area (Å²) in [6.45, 7) is 1.60. The number of aliphatic hydroxyl groups excluding tert-OH is 1. The summed E-state index contributed by atoms with van der Waals surface area (Å²) < 4.78 is 0. The Hall–Kier alpha value is -1.64. The van der Waals surface area contributed by atoms with Gasteiger partial charge >= 0.3 is 0 Å². The largest absolute Gasteiger partial charge is 0.390 e. The Balaban J connectivity index is 2.55. The van der Waals surface area contributed by atoms with Crippen LogP contribution >= 0.6 is 0 Å². The Morgan fingerprint density at radius 2 is 1.18 bits per heavy atom. The van der Waals surface area contributed by atoms with Crippen molar-refractivity contribution in [1.82, 2.24) is 0 Å². The van der Waals surface area contributed by atoms with Gasteiger partial charge < -0.3 is 10.2 Å². The van der Waals surface area contributed by atoms with E-state index in [1.165, 1.54) is 0 Å². The molecule has 2 rings (SSSR count). The average molecular weight is 228 g/mol. The van der Waals surface area contributed by atoms with E-state index < -0.39 is 11.7 Å². The normalized spacial score (nSPS) is 13.4. The Kier molecular flexibility index (Phi) is 3.27. The van der Waals surface area contributed by atoms with Gasteiger partial charge in [-0.05, 0) is 18.1 Å². The summed E-state index contributed by atoms with van der Waals surface area (Å²) in [5.74, 6) is 0. The lowest BCUT2D eigenvalue weighted by Gasteiger charge is -2.32. The Morgan fingerprint density at radius 1 is 0.824 bits per heavy atom. The van der Waals surface area contributed by atoms with Gasteiger partial charge in [-0.25, -0.2) is 0 Å². The van der Waals surface area contributed by atoms with Crippen LogP contribution in [0.25, 0.3) is 0 Å². The van der Waals surface area contributed by atoms with E-state index in [1.807, 2.05) is 60.7 Å². The van der Waals surface area contributed by atoms with Crippen molar-refractivity contribution in [2.45, 2.75) is 18.6 Å². The van der Waals surface area contributed by atoms with Gasteiger partial charge in [0.05, 0.1) is 6.10 Å². The van der Waals surface area contributed by atoms with Crippen molar-refractivity contribution in [3.05, 3.63) is 71.8 Å². The molecule has 0 radical (unpaired) electrons. The van der Waals surface area contributed by atoms with E-state index in [2.05, 4.69) is 0 Å². The van der Waals surface area contributed by atoms with Gasteiger partial charge in [-0.3, -0.25) is 0 Å². The quantitative estimate of drug-likeness (QED) is 0.846. The molecule has 2 N–H and O–H groups in total. The van der Waals surface area contributed by atoms with Gasteiger partial charge in [0.25, 0.3) is 0 Å². The lowest BCUT2D eigenvalue weighted by Crippen LogP contribution is -2.38. The first-order valence-corrected chi connectivity index (χ1v) is 5.67. The SMILES string of the molecule is C[C@H](O)C(O)(c1ccccc1)c1ccccc1. The van der Waals surface area contributed by atoms with Crippen LogP contribution in [-0.2, 0) is 5.60 Å². The third kappa shape index (κ3) is 2.09. The van der Waals surface area contributed by atoms with Crippen LogP contribution in [0, 0.1) is 0 Å². The minimum Gasteiger partial charge on any atom is -0.390 e. The standard InChI is InChI=1S/C15H16O2/c1-12(16)15(17,13-8-4-2-5-9-13)14-10-6-3-7-11-14/h2-12,16-17H,1H3/t12-/m0/s1. The van der Waals surface area contributed by atoms with Crippen LogP contribution in [0.15, 0.2) is 60.7 Å². The summed E-state index contributed by atoms with van der Waals surface area (Å²) in [5, 5.41) is 20.7. The second-order valence-electron chi connectivity index (χ2n) is 4.17. The van der Waals surface area contributed by atoms with Gasteiger partial charge in [0.2, 0.25) is 0 Å². The fourth-order valence-corrected chi connectivity index (χ4v) is 2.03. The molecular formula is C15H16O2. The van der Waals surface area contributed by atoms with Crippen molar-refractivity contribution in [1.29, 1.82) is 0 Å². The molecule has 0 fully saturated rings. The molecule has 2 heteroatoms. The Labute approximate surface area is 101 Å². The highest BCUT2D eigenvalue weighted by Gasteiger charge is 2.36. The van der Waals surface area contributed by atoms with E-state index in [4.69, 9.17) is 0 Å². The van der Waals surface area contributed by atoms with Gasteiger partial charge in [-0.2, -0.15) is 0 Å². The van der Waals surface area contributed by atoms with Crippen molar-refractivity contribution in [3.63, 3.8) is 0 Å². The summed E-state index contributed by atoms with van der Waals surface area (Å²) >= 11 is 0. The zero-order chi connectivity index (χ0) is 12.3. The zero-order valence-electron chi connectivity index (χ0n) is 9.75. The maximum atomic E-state index is 10.8. The molecule has 2 aromatic carbocycles. The van der Waals surface area contributed by atoms with Crippen LogP contribution in [0.2, 0.25) is 0 Å². The second kappa shape index (κ2) is 4.70. The van der Waals surface area contributed by atoms with Gasteiger partial charge in [0, 0.05) is 0 Å². The average Bonchev–Trinajstić information content (AvgIpc) is 2.39. The van der Waals surface area contributed by atoms with E-state index in [-0.39, 0.29) is 0 Å². The first-order chi connectivity index (χ1) is 8.15. The van der Waals surface area contributed by atoms with E-state index in [1.54, 1.807) is 6.92 Å². The fourth-order valence-electron chi connectivity index (χ4n) is 2.03. The highest BCUT2D eigenvalue weighted by atomic mass is 16.3. The summed E-state index contributed by atoms with van der Waals surface area (Å²) in [7, 11) is 0. The predicted molar refractivity (Wildman–Crippen MR) is 67.6 cm³/mol. The minimum atomic E-state index is -1.36. The number of hydrogen-bond acceptors (Lipinski definition) is 2. The highest BCUT2D eigenvalue weighted by Crippen LogP contribution is 2.32. The molecule has 0 aliphatic heterocycles. The van der Waals surface area contributed by atoms with Crippen molar-refractivity contribution >= 4 is 0 Å². The van der Waals surface area contributed by atoms with Crippen molar-refractivity contribution in [2.24, 2.45) is 0 Å². The van der Waals surface area contributed by atoms with E-state index in [9.17, 15) is 10.2 Å². The van der Waals surface area contributed by atoms with Crippen LogP contribution < -0.4 is 0 Å². The van der Waals surface area contributed by atoms with Gasteiger partial charge in [0.15, 0.2) is 0 Å². The summed E-state index contributed by atoms with van der Waals surface area (Å²) in [4.78, 5) is 0. The number of hydrogen-bond donors (Lipinski definition) is 2. The van der Waals surface area contributed by atoms with Crippen LogP contribution in [0.5, 0.6) is 0 Å². The first kappa shape index (κ1) is 11.8. The maximum absolute atomic E-state index is 10.8. The fraction of sp³-hybridized carbons (Fsp3) is 0.200. The zero-order valence-corrected chi connectivity index (χ0v) is 9.75. The third-order valence-corrected chi connectivity index (χ3v) is 3.03. The van der Waals surface area contributed by atoms with Crippen LogP contribution in [0.3, 0.4) is 0 Å². The van der Waals surface area contributed by atoms with Crippen molar-refractivity contribution in [2.75, 3.05) is 0 Å². The topological polar surface area (TPSA) is 40.5 Å². The summed E-state index contributed by atoms with van der Waals surface area (Å²) in [6.07, 6.45) is -0.882. The summed E-state index contributed by atoms with van der Waals surface area (Å²) in [5.41, 5.74) is 0.0325. The molecule has 0 aromatic heterocycles. The van der Waals surface area contributed by atoms with Gasteiger partial charge in [-0.15, -0.1) is 0 Å².